The first-order valence-electron chi connectivity index (χ1n) is 12.2. The Balaban J connectivity index is 1.28. The molecule has 4 heterocycles. The molecule has 10 heteroatoms. The maximum atomic E-state index is 11.8. The predicted molar refractivity (Wildman–Crippen MR) is 142 cm³/mol. The molecule has 0 unspecified atom stereocenters. The zero-order valence-corrected chi connectivity index (χ0v) is 21.0. The van der Waals surface area contributed by atoms with E-state index >= 15 is 0 Å². The number of rotatable bonds is 5. The maximum Gasteiger partial charge on any atom is 0.151 e. The summed E-state index contributed by atoms with van der Waals surface area (Å²) in [5, 5.41) is 3.32. The van der Waals surface area contributed by atoms with Gasteiger partial charge in [-0.25, -0.2) is 23.4 Å². The Morgan fingerprint density at radius 1 is 1.11 bits per heavy atom. The molecule has 1 saturated heterocycles. The molecule has 186 valence electrons. The van der Waals surface area contributed by atoms with Crippen molar-refractivity contribution in [3.8, 4) is 11.1 Å². The van der Waals surface area contributed by atoms with Crippen LogP contribution in [0.1, 0.15) is 29.8 Å². The molecule has 0 amide bonds. The second-order valence-corrected chi connectivity index (χ2v) is 12.0. The quantitative estimate of drug-likeness (QED) is 0.379. The summed E-state index contributed by atoms with van der Waals surface area (Å²) >= 11 is 0. The Bertz CT molecular complexity index is 1560. The number of H-pyrrole nitrogens is 1. The third-order valence-corrected chi connectivity index (χ3v) is 8.05. The highest BCUT2D eigenvalue weighted by molar-refractivity contribution is 7.89. The van der Waals surface area contributed by atoms with Crippen LogP contribution in [0.15, 0.2) is 48.8 Å². The van der Waals surface area contributed by atoms with Crippen molar-refractivity contribution in [2.75, 3.05) is 36.1 Å². The molecule has 2 aromatic carbocycles. The molecule has 6 rings (SSSR count). The molecule has 0 spiro atoms. The first-order chi connectivity index (χ1) is 17.3. The van der Waals surface area contributed by atoms with Gasteiger partial charge in [-0.3, -0.25) is 0 Å². The number of nitrogens with one attached hydrogen (secondary N) is 2. The molecule has 2 aromatic heterocycles. The number of aromatic amines is 1. The lowest BCUT2D eigenvalue weighted by molar-refractivity contribution is 0.326. The molecule has 2 aliphatic rings. The van der Waals surface area contributed by atoms with Crippen LogP contribution >= 0.6 is 0 Å². The van der Waals surface area contributed by atoms with Crippen LogP contribution in [0.25, 0.3) is 22.2 Å². The molecular weight excluding hydrogens is 474 g/mol. The molecular formula is C26H29N7O2S. The number of benzene rings is 2. The van der Waals surface area contributed by atoms with Gasteiger partial charge in [0.25, 0.3) is 0 Å². The number of nitrogens with two attached hydrogens (primary N) is 1. The van der Waals surface area contributed by atoms with Gasteiger partial charge in [0.05, 0.1) is 22.3 Å². The fourth-order valence-electron chi connectivity index (χ4n) is 5.35. The monoisotopic (exact) mass is 503 g/mol. The summed E-state index contributed by atoms with van der Waals surface area (Å²) < 4.78 is 23.6. The molecule has 0 bridgehead atoms. The van der Waals surface area contributed by atoms with Crippen molar-refractivity contribution >= 4 is 32.5 Å². The molecule has 2 aliphatic heterocycles. The van der Waals surface area contributed by atoms with E-state index in [1.54, 1.807) is 6.33 Å². The fourth-order valence-corrected chi connectivity index (χ4v) is 6.14. The van der Waals surface area contributed by atoms with Gasteiger partial charge in [0.2, 0.25) is 0 Å². The van der Waals surface area contributed by atoms with Crippen molar-refractivity contribution < 1.29 is 8.42 Å². The summed E-state index contributed by atoms with van der Waals surface area (Å²) in [6.07, 6.45) is 5.31. The van der Waals surface area contributed by atoms with Gasteiger partial charge in [-0.2, -0.15) is 0 Å². The van der Waals surface area contributed by atoms with E-state index in [1.165, 1.54) is 11.8 Å². The average Bonchev–Trinajstić information content (AvgIpc) is 3.51. The van der Waals surface area contributed by atoms with Crippen LogP contribution in [0.2, 0.25) is 0 Å². The van der Waals surface area contributed by atoms with Crippen LogP contribution < -0.4 is 16.0 Å². The van der Waals surface area contributed by atoms with Crippen molar-refractivity contribution in [2.24, 2.45) is 5.73 Å². The summed E-state index contributed by atoms with van der Waals surface area (Å²) in [6, 6.07) is 13.6. The number of sulfone groups is 1. The van der Waals surface area contributed by atoms with E-state index < -0.39 is 15.4 Å². The second kappa shape index (κ2) is 8.56. The lowest BCUT2D eigenvalue weighted by Crippen LogP contribution is -2.49. The largest absolute Gasteiger partial charge is 0.369 e. The Hall–Kier alpha value is -3.50. The van der Waals surface area contributed by atoms with Crippen LogP contribution in [0, 0.1) is 0 Å². The van der Waals surface area contributed by atoms with Crippen molar-refractivity contribution in [1.82, 2.24) is 19.9 Å². The molecule has 36 heavy (non-hydrogen) atoms. The zero-order chi connectivity index (χ0) is 24.9. The Kier molecular flexibility index (Phi) is 5.45. The number of hydrogen-bond acceptors (Lipinski definition) is 8. The van der Waals surface area contributed by atoms with Crippen molar-refractivity contribution in [3.05, 3.63) is 65.7 Å². The van der Waals surface area contributed by atoms with E-state index in [2.05, 4.69) is 25.2 Å². The van der Waals surface area contributed by atoms with E-state index in [-0.39, 0.29) is 5.75 Å². The van der Waals surface area contributed by atoms with Crippen LogP contribution in [0.4, 0.5) is 11.6 Å². The SMILES string of the molecule is CS(=O)(=O)Cc1cccc(-c2cccc3[nH]c(C4(N)CCN(c5ncnc6c5CCN6)CC4)nc23)c1. The minimum absolute atomic E-state index is 0.0106. The normalized spacial score (nSPS) is 17.2. The Labute approximate surface area is 210 Å². The van der Waals surface area contributed by atoms with E-state index in [9.17, 15) is 8.42 Å². The average molecular weight is 504 g/mol. The molecule has 0 atom stereocenters. The van der Waals surface area contributed by atoms with Gasteiger partial charge in [0, 0.05) is 37.0 Å². The summed E-state index contributed by atoms with van der Waals surface area (Å²) in [6.45, 7) is 2.48. The number of nitrogens with zero attached hydrogens (tertiary/aromatic N) is 4. The van der Waals surface area contributed by atoms with Gasteiger partial charge in [0.1, 0.15) is 23.8 Å². The van der Waals surface area contributed by atoms with Crippen LogP contribution in [0.3, 0.4) is 0 Å². The molecule has 4 N–H and O–H groups in total. The third-order valence-electron chi connectivity index (χ3n) is 7.20. The summed E-state index contributed by atoms with van der Waals surface area (Å²) in [4.78, 5) is 19.7. The Morgan fingerprint density at radius 3 is 2.72 bits per heavy atom. The number of para-hydroxylation sites is 1. The summed E-state index contributed by atoms with van der Waals surface area (Å²) in [5.41, 5.74) is 12.0. The van der Waals surface area contributed by atoms with Crippen molar-refractivity contribution in [2.45, 2.75) is 30.6 Å². The lowest BCUT2D eigenvalue weighted by Gasteiger charge is -2.39. The van der Waals surface area contributed by atoms with E-state index in [0.717, 1.165) is 84.1 Å². The number of fused-ring (bicyclic) bond motifs is 2. The number of anilines is 2. The topological polar surface area (TPSA) is 130 Å². The standard InChI is InChI=1S/C26H29N7O2S/c1-36(34,35)15-17-4-2-5-18(14-17)19-6-3-7-21-22(19)32-25(31-21)26(27)9-12-33(13-10-26)24-20-8-11-28-23(20)29-16-30-24/h2-7,14,16H,8-13,15,27H2,1H3,(H,31,32)(H,28,29,30). The first-order valence-corrected chi connectivity index (χ1v) is 14.2. The van der Waals surface area contributed by atoms with Gasteiger partial charge < -0.3 is 20.9 Å². The lowest BCUT2D eigenvalue weighted by atomic mass is 9.87. The first kappa shape index (κ1) is 22.9. The minimum Gasteiger partial charge on any atom is -0.369 e. The zero-order valence-electron chi connectivity index (χ0n) is 20.2. The summed E-state index contributed by atoms with van der Waals surface area (Å²) in [5.74, 6) is 2.74. The molecule has 0 aliphatic carbocycles. The van der Waals surface area contributed by atoms with Gasteiger partial charge in [-0.15, -0.1) is 0 Å². The fraction of sp³-hybridized carbons (Fsp3) is 0.346. The van der Waals surface area contributed by atoms with Crippen LogP contribution in [0.5, 0.6) is 0 Å². The van der Waals surface area contributed by atoms with Crippen LogP contribution in [-0.4, -0.2) is 54.2 Å². The highest BCUT2D eigenvalue weighted by Crippen LogP contribution is 2.36. The minimum atomic E-state index is -3.12. The van der Waals surface area contributed by atoms with Crippen molar-refractivity contribution in [3.63, 3.8) is 0 Å². The number of imidazole rings is 1. The highest BCUT2D eigenvalue weighted by atomic mass is 32.2. The van der Waals surface area contributed by atoms with Gasteiger partial charge in [-0.1, -0.05) is 36.4 Å². The highest BCUT2D eigenvalue weighted by Gasteiger charge is 2.36. The number of piperidine rings is 1. The Morgan fingerprint density at radius 2 is 1.92 bits per heavy atom. The predicted octanol–water partition coefficient (Wildman–Crippen LogP) is 2.99. The van der Waals surface area contributed by atoms with Gasteiger partial charge >= 0.3 is 0 Å². The molecule has 1 fully saturated rings. The van der Waals surface area contributed by atoms with E-state index in [0.29, 0.717) is 0 Å². The smallest absolute Gasteiger partial charge is 0.151 e. The van der Waals surface area contributed by atoms with E-state index in [4.69, 9.17) is 10.7 Å². The second-order valence-electron chi connectivity index (χ2n) is 9.90. The number of hydrogen-bond donors (Lipinski definition) is 3. The summed E-state index contributed by atoms with van der Waals surface area (Å²) in [7, 11) is -3.12. The van der Waals surface area contributed by atoms with E-state index in [1.807, 2.05) is 42.5 Å². The van der Waals surface area contributed by atoms with Gasteiger partial charge in [0.15, 0.2) is 9.84 Å². The maximum absolute atomic E-state index is 11.8. The molecule has 0 saturated carbocycles. The third kappa shape index (κ3) is 4.20. The molecule has 9 nitrogen and oxygen atoms in total. The number of aromatic nitrogens is 4. The van der Waals surface area contributed by atoms with Crippen molar-refractivity contribution in [1.29, 1.82) is 0 Å². The molecule has 0 radical (unpaired) electrons. The van der Waals surface area contributed by atoms with Gasteiger partial charge in [-0.05, 0) is 36.5 Å². The molecule has 4 aromatic rings. The van der Waals surface area contributed by atoms with Crippen LogP contribution in [-0.2, 0) is 27.5 Å².